The van der Waals surface area contributed by atoms with Gasteiger partial charge in [0.2, 0.25) is 0 Å². The summed E-state index contributed by atoms with van der Waals surface area (Å²) in [6.07, 6.45) is 9.03. The van der Waals surface area contributed by atoms with E-state index in [9.17, 15) is 4.79 Å². The van der Waals surface area contributed by atoms with Gasteiger partial charge in [0.25, 0.3) is 0 Å². The number of carbonyl (C=O) groups is 1. The van der Waals surface area contributed by atoms with Crippen molar-refractivity contribution in [3.8, 4) is 0 Å². The van der Waals surface area contributed by atoms with E-state index in [0.29, 0.717) is 11.8 Å². The molecule has 2 heteroatoms. The number of Topliss-reactive ketones (excluding diaryl/α,β-unsaturated/α-hetero) is 1. The minimum Gasteiger partial charge on any atom is -0.305 e. The van der Waals surface area contributed by atoms with Crippen LogP contribution < -0.4 is 5.32 Å². The lowest BCUT2D eigenvalue weighted by atomic mass is 9.79. The predicted molar refractivity (Wildman–Crippen MR) is 57.2 cm³/mol. The van der Waals surface area contributed by atoms with Gasteiger partial charge in [-0.25, -0.2) is 0 Å². The van der Waals surface area contributed by atoms with Gasteiger partial charge < -0.3 is 5.32 Å². The van der Waals surface area contributed by atoms with Crippen molar-refractivity contribution in [2.75, 3.05) is 0 Å². The first-order valence-corrected chi connectivity index (χ1v) is 6.02. The van der Waals surface area contributed by atoms with Gasteiger partial charge in [-0.3, -0.25) is 4.79 Å². The molecule has 2 rings (SSSR count). The van der Waals surface area contributed by atoms with Gasteiger partial charge in [0.15, 0.2) is 0 Å². The fourth-order valence-corrected chi connectivity index (χ4v) is 2.27. The standard InChI is InChI=1S/C12H21NO/c1-9(14)12(8-10-4-2-5-10)13-11-6-3-7-11/h10-13H,2-8H2,1H3. The number of hydrogen-bond acceptors (Lipinski definition) is 2. The van der Waals surface area contributed by atoms with Crippen LogP contribution in [-0.4, -0.2) is 17.9 Å². The highest BCUT2D eigenvalue weighted by Gasteiger charge is 2.27. The third-order valence-electron chi connectivity index (χ3n) is 3.83. The van der Waals surface area contributed by atoms with Gasteiger partial charge in [-0.1, -0.05) is 25.7 Å². The first-order chi connectivity index (χ1) is 6.75. The van der Waals surface area contributed by atoms with Gasteiger partial charge in [-0.15, -0.1) is 0 Å². The predicted octanol–water partition coefficient (Wildman–Crippen LogP) is 2.28. The van der Waals surface area contributed by atoms with Crippen LogP contribution in [0.4, 0.5) is 0 Å². The van der Waals surface area contributed by atoms with Crippen LogP contribution in [0.1, 0.15) is 51.9 Å². The van der Waals surface area contributed by atoms with Gasteiger partial charge in [0.1, 0.15) is 5.78 Å². The maximum atomic E-state index is 11.4. The highest BCUT2D eigenvalue weighted by atomic mass is 16.1. The molecule has 0 spiro atoms. The van der Waals surface area contributed by atoms with Gasteiger partial charge in [0, 0.05) is 6.04 Å². The third-order valence-corrected chi connectivity index (χ3v) is 3.83. The van der Waals surface area contributed by atoms with Crippen molar-refractivity contribution >= 4 is 5.78 Å². The largest absolute Gasteiger partial charge is 0.305 e. The first kappa shape index (κ1) is 10.2. The average molecular weight is 195 g/mol. The molecule has 0 saturated heterocycles. The Kier molecular flexibility index (Phi) is 3.22. The SMILES string of the molecule is CC(=O)C(CC1CCC1)NC1CCC1. The molecule has 0 aromatic rings. The van der Waals surface area contributed by atoms with E-state index in [2.05, 4.69) is 5.32 Å². The van der Waals surface area contributed by atoms with Gasteiger partial charge in [-0.2, -0.15) is 0 Å². The Morgan fingerprint density at radius 2 is 1.93 bits per heavy atom. The highest BCUT2D eigenvalue weighted by molar-refractivity contribution is 5.81. The van der Waals surface area contributed by atoms with E-state index in [1.807, 2.05) is 0 Å². The van der Waals surface area contributed by atoms with Crippen LogP contribution in [0.3, 0.4) is 0 Å². The Morgan fingerprint density at radius 3 is 2.29 bits per heavy atom. The Bertz CT molecular complexity index is 190. The summed E-state index contributed by atoms with van der Waals surface area (Å²) >= 11 is 0. The molecule has 1 atom stereocenters. The lowest BCUT2D eigenvalue weighted by molar-refractivity contribution is -0.120. The zero-order valence-corrected chi connectivity index (χ0v) is 9.09. The second-order valence-electron chi connectivity index (χ2n) is 4.99. The summed E-state index contributed by atoms with van der Waals surface area (Å²) in [6.45, 7) is 1.73. The van der Waals surface area contributed by atoms with E-state index in [0.717, 1.165) is 12.3 Å². The van der Waals surface area contributed by atoms with Gasteiger partial charge >= 0.3 is 0 Å². The summed E-state index contributed by atoms with van der Waals surface area (Å²) in [5.41, 5.74) is 0. The van der Waals surface area contributed by atoms with Crippen molar-refractivity contribution in [3.05, 3.63) is 0 Å². The number of ketones is 1. The molecular weight excluding hydrogens is 174 g/mol. The lowest BCUT2D eigenvalue weighted by Gasteiger charge is -2.34. The molecule has 2 aliphatic carbocycles. The molecule has 2 saturated carbocycles. The normalized spacial score (nSPS) is 25.2. The quantitative estimate of drug-likeness (QED) is 0.729. The first-order valence-electron chi connectivity index (χ1n) is 6.02. The monoisotopic (exact) mass is 195 g/mol. The number of hydrogen-bond donors (Lipinski definition) is 1. The molecule has 14 heavy (non-hydrogen) atoms. The molecule has 0 bridgehead atoms. The summed E-state index contributed by atoms with van der Waals surface area (Å²) in [4.78, 5) is 11.4. The average Bonchev–Trinajstić information content (AvgIpc) is 1.97. The lowest BCUT2D eigenvalue weighted by Crippen LogP contribution is -2.47. The molecule has 1 unspecified atom stereocenters. The number of carbonyl (C=O) groups excluding carboxylic acids is 1. The van der Waals surface area contributed by atoms with Crippen molar-refractivity contribution < 1.29 is 4.79 Å². The molecule has 0 amide bonds. The second kappa shape index (κ2) is 4.43. The van der Waals surface area contributed by atoms with Crippen LogP contribution in [0.25, 0.3) is 0 Å². The maximum Gasteiger partial charge on any atom is 0.146 e. The van der Waals surface area contributed by atoms with Crippen LogP contribution in [0.5, 0.6) is 0 Å². The molecule has 0 aromatic heterocycles. The molecule has 1 N–H and O–H groups in total. The molecule has 0 aromatic carbocycles. The summed E-state index contributed by atoms with van der Waals surface area (Å²) < 4.78 is 0. The topological polar surface area (TPSA) is 29.1 Å². The van der Waals surface area contributed by atoms with Crippen LogP contribution in [-0.2, 0) is 4.79 Å². The minimum absolute atomic E-state index is 0.158. The van der Waals surface area contributed by atoms with Crippen LogP contribution >= 0.6 is 0 Å². The van der Waals surface area contributed by atoms with Gasteiger partial charge in [-0.05, 0) is 32.1 Å². The fraction of sp³-hybridized carbons (Fsp3) is 0.917. The summed E-state index contributed by atoms with van der Waals surface area (Å²) in [5, 5.41) is 3.50. The molecular formula is C12H21NO. The second-order valence-corrected chi connectivity index (χ2v) is 4.99. The van der Waals surface area contributed by atoms with E-state index in [1.165, 1.54) is 38.5 Å². The summed E-state index contributed by atoms with van der Waals surface area (Å²) in [6, 6.07) is 0.801. The number of nitrogens with one attached hydrogen (secondary N) is 1. The highest BCUT2D eigenvalue weighted by Crippen LogP contribution is 2.31. The minimum atomic E-state index is 0.158. The van der Waals surface area contributed by atoms with Gasteiger partial charge in [0.05, 0.1) is 6.04 Å². The molecule has 2 aliphatic rings. The van der Waals surface area contributed by atoms with Crippen LogP contribution in [0.2, 0.25) is 0 Å². The Hall–Kier alpha value is -0.370. The van der Waals surface area contributed by atoms with Crippen molar-refractivity contribution in [3.63, 3.8) is 0 Å². The molecule has 0 radical (unpaired) electrons. The Morgan fingerprint density at radius 1 is 1.29 bits per heavy atom. The third kappa shape index (κ3) is 2.35. The van der Waals surface area contributed by atoms with E-state index >= 15 is 0 Å². The molecule has 80 valence electrons. The molecule has 0 heterocycles. The Balaban J connectivity index is 1.76. The summed E-state index contributed by atoms with van der Waals surface area (Å²) in [5.74, 6) is 1.17. The van der Waals surface area contributed by atoms with Crippen molar-refractivity contribution in [2.24, 2.45) is 5.92 Å². The zero-order valence-electron chi connectivity index (χ0n) is 9.09. The molecule has 2 nitrogen and oxygen atoms in total. The van der Waals surface area contributed by atoms with E-state index in [4.69, 9.17) is 0 Å². The fourth-order valence-electron chi connectivity index (χ4n) is 2.27. The number of rotatable bonds is 5. The van der Waals surface area contributed by atoms with Crippen LogP contribution in [0.15, 0.2) is 0 Å². The van der Waals surface area contributed by atoms with Crippen molar-refractivity contribution in [1.29, 1.82) is 0 Å². The smallest absolute Gasteiger partial charge is 0.146 e. The van der Waals surface area contributed by atoms with E-state index in [-0.39, 0.29) is 6.04 Å². The van der Waals surface area contributed by atoms with Crippen molar-refractivity contribution in [2.45, 2.75) is 64.0 Å². The maximum absolute atomic E-state index is 11.4. The Labute approximate surface area is 86.5 Å². The van der Waals surface area contributed by atoms with E-state index < -0.39 is 0 Å². The van der Waals surface area contributed by atoms with Crippen molar-refractivity contribution in [1.82, 2.24) is 5.32 Å². The summed E-state index contributed by atoms with van der Waals surface area (Å²) in [7, 11) is 0. The zero-order chi connectivity index (χ0) is 9.97. The van der Waals surface area contributed by atoms with Crippen LogP contribution in [0, 0.1) is 5.92 Å². The van der Waals surface area contributed by atoms with E-state index in [1.54, 1.807) is 6.92 Å². The molecule has 0 aliphatic heterocycles. The molecule has 2 fully saturated rings.